The predicted molar refractivity (Wildman–Crippen MR) is 80.1 cm³/mol. The minimum atomic E-state index is 0.291. The zero-order chi connectivity index (χ0) is 13.8. The molecule has 19 heavy (non-hydrogen) atoms. The van der Waals surface area contributed by atoms with Crippen molar-refractivity contribution in [2.24, 2.45) is 0 Å². The lowest BCUT2D eigenvalue weighted by Crippen LogP contribution is -2.15. The van der Waals surface area contributed by atoms with E-state index in [4.69, 9.17) is 5.41 Å². The summed E-state index contributed by atoms with van der Waals surface area (Å²) in [5, 5.41) is 11.7. The van der Waals surface area contributed by atoms with Crippen LogP contribution in [0.15, 0.2) is 42.6 Å². The standard InChI is InChI=1S/C16H19N3/c1-11(2)19-16-14(8-5-9-18-16)15(17)13-7-4-6-12(3)10-13/h4-11,17H,1-3H3,(H,18,19). The number of anilines is 1. The molecular weight excluding hydrogens is 234 g/mol. The first kappa shape index (κ1) is 13.3. The van der Waals surface area contributed by atoms with Crippen molar-refractivity contribution in [2.75, 3.05) is 5.32 Å². The predicted octanol–water partition coefficient (Wildman–Crippen LogP) is 3.63. The van der Waals surface area contributed by atoms with Gasteiger partial charge in [-0.2, -0.15) is 0 Å². The summed E-state index contributed by atoms with van der Waals surface area (Å²) in [4.78, 5) is 4.34. The molecule has 0 unspecified atom stereocenters. The molecule has 2 rings (SSSR count). The minimum absolute atomic E-state index is 0.291. The summed E-state index contributed by atoms with van der Waals surface area (Å²) in [6.45, 7) is 6.16. The van der Waals surface area contributed by atoms with Gasteiger partial charge in [-0.25, -0.2) is 4.98 Å². The highest BCUT2D eigenvalue weighted by Crippen LogP contribution is 2.18. The van der Waals surface area contributed by atoms with Gasteiger partial charge in [0, 0.05) is 23.4 Å². The van der Waals surface area contributed by atoms with Crippen LogP contribution < -0.4 is 5.32 Å². The lowest BCUT2D eigenvalue weighted by molar-refractivity contribution is 0.888. The molecule has 0 aliphatic carbocycles. The summed E-state index contributed by atoms with van der Waals surface area (Å²) in [7, 11) is 0. The van der Waals surface area contributed by atoms with E-state index in [1.807, 2.05) is 43.3 Å². The molecule has 2 N–H and O–H groups in total. The van der Waals surface area contributed by atoms with Gasteiger partial charge in [-0.1, -0.05) is 23.8 Å². The number of hydrogen-bond donors (Lipinski definition) is 2. The Balaban J connectivity index is 2.39. The normalized spacial score (nSPS) is 10.5. The highest BCUT2D eigenvalue weighted by molar-refractivity contribution is 6.13. The van der Waals surface area contributed by atoms with Crippen molar-refractivity contribution in [3.63, 3.8) is 0 Å². The van der Waals surface area contributed by atoms with Gasteiger partial charge in [0.15, 0.2) is 0 Å². The van der Waals surface area contributed by atoms with E-state index in [1.54, 1.807) is 6.20 Å². The van der Waals surface area contributed by atoms with Gasteiger partial charge >= 0.3 is 0 Å². The van der Waals surface area contributed by atoms with E-state index in [0.717, 1.165) is 22.5 Å². The Morgan fingerprint density at radius 2 is 2.00 bits per heavy atom. The molecule has 3 heteroatoms. The maximum absolute atomic E-state index is 8.37. The molecule has 0 radical (unpaired) electrons. The van der Waals surface area contributed by atoms with Crippen molar-refractivity contribution in [2.45, 2.75) is 26.8 Å². The third-order valence-corrected chi connectivity index (χ3v) is 2.81. The van der Waals surface area contributed by atoms with Gasteiger partial charge < -0.3 is 5.32 Å². The van der Waals surface area contributed by atoms with Crippen molar-refractivity contribution in [1.82, 2.24) is 4.98 Å². The van der Waals surface area contributed by atoms with E-state index >= 15 is 0 Å². The van der Waals surface area contributed by atoms with Gasteiger partial charge in [0.1, 0.15) is 5.82 Å². The summed E-state index contributed by atoms with van der Waals surface area (Å²) in [6, 6.07) is 12.1. The average molecular weight is 253 g/mol. The van der Waals surface area contributed by atoms with E-state index in [-0.39, 0.29) is 0 Å². The summed E-state index contributed by atoms with van der Waals surface area (Å²) < 4.78 is 0. The second-order valence-corrected chi connectivity index (χ2v) is 4.94. The van der Waals surface area contributed by atoms with Crippen molar-refractivity contribution in [3.8, 4) is 0 Å². The summed E-state index contributed by atoms with van der Waals surface area (Å²) in [5.41, 5.74) is 3.41. The number of nitrogens with one attached hydrogen (secondary N) is 2. The third kappa shape index (κ3) is 3.19. The SMILES string of the molecule is Cc1cccc(C(=N)c2cccnc2NC(C)C)c1. The molecule has 0 saturated carbocycles. The smallest absolute Gasteiger partial charge is 0.135 e. The van der Waals surface area contributed by atoms with Crippen LogP contribution in [0.3, 0.4) is 0 Å². The number of rotatable bonds is 4. The Kier molecular flexibility index (Phi) is 3.95. The molecule has 2 aromatic rings. The van der Waals surface area contributed by atoms with Crippen LogP contribution in [-0.4, -0.2) is 16.7 Å². The van der Waals surface area contributed by atoms with E-state index in [0.29, 0.717) is 11.8 Å². The molecule has 0 amide bonds. The zero-order valence-electron chi connectivity index (χ0n) is 11.6. The van der Waals surface area contributed by atoms with Crippen molar-refractivity contribution in [1.29, 1.82) is 5.41 Å². The Morgan fingerprint density at radius 3 is 2.68 bits per heavy atom. The van der Waals surface area contributed by atoms with Crippen molar-refractivity contribution in [3.05, 3.63) is 59.3 Å². The molecule has 0 saturated heterocycles. The van der Waals surface area contributed by atoms with Crippen LogP contribution in [0.1, 0.15) is 30.5 Å². The maximum atomic E-state index is 8.37. The first-order valence-corrected chi connectivity index (χ1v) is 6.45. The average Bonchev–Trinajstić information content (AvgIpc) is 2.38. The third-order valence-electron chi connectivity index (χ3n) is 2.81. The van der Waals surface area contributed by atoms with Gasteiger partial charge in [-0.15, -0.1) is 0 Å². The number of hydrogen-bond acceptors (Lipinski definition) is 3. The topological polar surface area (TPSA) is 48.8 Å². The quantitative estimate of drug-likeness (QED) is 0.817. The molecule has 3 nitrogen and oxygen atoms in total. The van der Waals surface area contributed by atoms with Crippen LogP contribution in [-0.2, 0) is 0 Å². The van der Waals surface area contributed by atoms with Crippen molar-refractivity contribution < 1.29 is 0 Å². The van der Waals surface area contributed by atoms with Gasteiger partial charge in [0.05, 0.1) is 5.71 Å². The zero-order valence-corrected chi connectivity index (χ0v) is 11.6. The Labute approximate surface area is 114 Å². The molecule has 1 heterocycles. The highest BCUT2D eigenvalue weighted by Gasteiger charge is 2.11. The fraction of sp³-hybridized carbons (Fsp3) is 0.250. The number of nitrogens with zero attached hydrogens (tertiary/aromatic N) is 1. The largest absolute Gasteiger partial charge is 0.367 e. The first-order chi connectivity index (χ1) is 9.08. The van der Waals surface area contributed by atoms with E-state index in [1.165, 1.54) is 0 Å². The first-order valence-electron chi connectivity index (χ1n) is 6.45. The molecule has 1 aromatic heterocycles. The maximum Gasteiger partial charge on any atom is 0.135 e. The molecule has 0 fully saturated rings. The number of pyridine rings is 1. The number of benzene rings is 1. The second kappa shape index (κ2) is 5.65. The van der Waals surface area contributed by atoms with Gasteiger partial charge in [-0.3, -0.25) is 5.41 Å². The van der Waals surface area contributed by atoms with Crippen LogP contribution in [0, 0.1) is 12.3 Å². The Bertz CT molecular complexity index is 588. The highest BCUT2D eigenvalue weighted by atomic mass is 15.0. The number of aromatic nitrogens is 1. The Hall–Kier alpha value is -2.16. The molecule has 0 bridgehead atoms. The minimum Gasteiger partial charge on any atom is -0.367 e. The van der Waals surface area contributed by atoms with Gasteiger partial charge in [-0.05, 0) is 39.0 Å². The second-order valence-electron chi connectivity index (χ2n) is 4.94. The van der Waals surface area contributed by atoms with Crippen molar-refractivity contribution >= 4 is 11.5 Å². The van der Waals surface area contributed by atoms with Crippen LogP contribution in [0.5, 0.6) is 0 Å². The fourth-order valence-electron chi connectivity index (χ4n) is 1.95. The molecule has 0 spiro atoms. The Morgan fingerprint density at radius 1 is 1.21 bits per heavy atom. The lowest BCUT2D eigenvalue weighted by atomic mass is 10.0. The van der Waals surface area contributed by atoms with Gasteiger partial charge in [0.2, 0.25) is 0 Å². The van der Waals surface area contributed by atoms with E-state index in [2.05, 4.69) is 24.1 Å². The summed E-state index contributed by atoms with van der Waals surface area (Å²) >= 11 is 0. The van der Waals surface area contributed by atoms with Crippen LogP contribution in [0.4, 0.5) is 5.82 Å². The molecular formula is C16H19N3. The van der Waals surface area contributed by atoms with Crippen LogP contribution >= 0.6 is 0 Å². The summed E-state index contributed by atoms with van der Waals surface area (Å²) in [5.74, 6) is 0.768. The molecule has 0 atom stereocenters. The lowest BCUT2D eigenvalue weighted by Gasteiger charge is -2.14. The molecule has 0 aliphatic heterocycles. The van der Waals surface area contributed by atoms with E-state index in [9.17, 15) is 0 Å². The van der Waals surface area contributed by atoms with Crippen LogP contribution in [0.25, 0.3) is 0 Å². The molecule has 98 valence electrons. The fourth-order valence-corrected chi connectivity index (χ4v) is 1.95. The van der Waals surface area contributed by atoms with E-state index < -0.39 is 0 Å². The van der Waals surface area contributed by atoms with Gasteiger partial charge in [0.25, 0.3) is 0 Å². The monoisotopic (exact) mass is 253 g/mol. The van der Waals surface area contributed by atoms with Crippen LogP contribution in [0.2, 0.25) is 0 Å². The molecule has 0 aliphatic rings. The summed E-state index contributed by atoms with van der Waals surface area (Å²) in [6.07, 6.45) is 1.75. The number of aryl methyl sites for hydroxylation is 1. The molecule has 1 aromatic carbocycles.